The molecule has 1 aliphatic carbocycles. The summed E-state index contributed by atoms with van der Waals surface area (Å²) in [6, 6.07) is 3.97. The van der Waals surface area contributed by atoms with Gasteiger partial charge in [0.05, 0.1) is 5.03 Å². The van der Waals surface area contributed by atoms with Crippen molar-refractivity contribution in [2.45, 2.75) is 43.7 Å². The molecule has 0 spiro atoms. The maximum absolute atomic E-state index is 12.2. The van der Waals surface area contributed by atoms with E-state index >= 15 is 0 Å². The minimum absolute atomic E-state index is 0.0338. The largest absolute Gasteiger partial charge is 0.349 e. The highest BCUT2D eigenvalue weighted by molar-refractivity contribution is 7.98. The summed E-state index contributed by atoms with van der Waals surface area (Å²) in [6.07, 6.45) is 8.50. The number of carbonyl (C=O) groups is 1. The van der Waals surface area contributed by atoms with E-state index in [9.17, 15) is 4.79 Å². The summed E-state index contributed by atoms with van der Waals surface area (Å²) >= 11 is 1.56. The van der Waals surface area contributed by atoms with Crippen LogP contribution in [0.25, 0.3) is 0 Å². The summed E-state index contributed by atoms with van der Waals surface area (Å²) < 4.78 is 0. The number of hydrogen-bond donors (Lipinski definition) is 1. The number of nitrogens with one attached hydrogen (secondary N) is 1. The molecule has 0 aromatic carbocycles. The van der Waals surface area contributed by atoms with Gasteiger partial charge in [-0.2, -0.15) is 0 Å². The first kappa shape index (κ1) is 13.4. The highest BCUT2D eigenvalue weighted by Crippen LogP contribution is 2.24. The summed E-state index contributed by atoms with van der Waals surface area (Å²) in [4.78, 5) is 16.4. The lowest BCUT2D eigenvalue weighted by molar-refractivity contribution is 0.0910. The second-order valence-corrected chi connectivity index (χ2v) is 5.76. The number of nitrogens with zero attached hydrogens (tertiary/aromatic N) is 1. The molecule has 1 heterocycles. The molecule has 1 aromatic rings. The van der Waals surface area contributed by atoms with Crippen molar-refractivity contribution in [1.29, 1.82) is 0 Å². The van der Waals surface area contributed by atoms with E-state index in [2.05, 4.69) is 17.2 Å². The Bertz CT molecular complexity index is 422. The van der Waals surface area contributed by atoms with Crippen LogP contribution in [-0.2, 0) is 0 Å². The minimum Gasteiger partial charge on any atom is -0.349 e. The minimum atomic E-state index is 0.0338. The number of hydrogen-bond acceptors (Lipinski definition) is 3. The predicted octanol–water partition coefficient (Wildman–Crippen LogP) is 3.11. The molecule has 4 heteroatoms. The first-order valence-corrected chi connectivity index (χ1v) is 7.74. The Balaban J connectivity index is 2.02. The molecule has 1 aliphatic rings. The Kier molecular flexibility index (Phi) is 4.64. The fraction of sp³-hybridized carbons (Fsp3) is 0.571. The summed E-state index contributed by atoms with van der Waals surface area (Å²) in [5.74, 6) is 0.621. The van der Waals surface area contributed by atoms with Crippen molar-refractivity contribution < 1.29 is 4.79 Å². The molecule has 1 aromatic heterocycles. The highest BCUT2D eigenvalue weighted by atomic mass is 32.2. The van der Waals surface area contributed by atoms with Crippen molar-refractivity contribution in [2.75, 3.05) is 6.26 Å². The molecule has 0 aliphatic heterocycles. The quantitative estimate of drug-likeness (QED) is 0.853. The molecule has 0 unspecified atom stereocenters. The number of rotatable bonds is 3. The van der Waals surface area contributed by atoms with E-state index in [1.54, 1.807) is 24.0 Å². The summed E-state index contributed by atoms with van der Waals surface area (Å²) in [7, 11) is 0. The van der Waals surface area contributed by atoms with Gasteiger partial charge in [0.15, 0.2) is 0 Å². The van der Waals surface area contributed by atoms with Crippen LogP contribution >= 0.6 is 11.8 Å². The third-order valence-electron chi connectivity index (χ3n) is 3.63. The lowest BCUT2D eigenvalue weighted by Crippen LogP contribution is -2.41. The molecule has 3 nitrogen and oxygen atoms in total. The maximum Gasteiger partial charge on any atom is 0.251 e. The summed E-state index contributed by atoms with van der Waals surface area (Å²) in [6.45, 7) is 2.23. The number of carbonyl (C=O) groups excluding carboxylic acids is 1. The molecule has 0 radical (unpaired) electrons. The molecule has 2 atom stereocenters. The fourth-order valence-electron chi connectivity index (χ4n) is 2.44. The predicted molar refractivity (Wildman–Crippen MR) is 74.9 cm³/mol. The normalized spacial score (nSPS) is 23.7. The summed E-state index contributed by atoms with van der Waals surface area (Å²) in [5.41, 5.74) is 0.715. The number of aromatic nitrogens is 1. The smallest absolute Gasteiger partial charge is 0.251 e. The fourth-order valence-corrected chi connectivity index (χ4v) is 2.86. The maximum atomic E-state index is 12.2. The molecular formula is C14H20N2OS. The van der Waals surface area contributed by atoms with E-state index < -0.39 is 0 Å². The van der Waals surface area contributed by atoms with Crippen LogP contribution in [0.15, 0.2) is 23.4 Å². The van der Waals surface area contributed by atoms with E-state index in [-0.39, 0.29) is 5.91 Å². The molecule has 0 bridgehead atoms. The van der Waals surface area contributed by atoms with E-state index in [1.807, 2.05) is 12.3 Å². The van der Waals surface area contributed by atoms with Crippen LogP contribution in [0.4, 0.5) is 0 Å². The second-order valence-electron chi connectivity index (χ2n) is 4.93. The van der Waals surface area contributed by atoms with Crippen molar-refractivity contribution in [3.63, 3.8) is 0 Å². The van der Waals surface area contributed by atoms with E-state index in [4.69, 9.17) is 0 Å². The van der Waals surface area contributed by atoms with Crippen molar-refractivity contribution in [1.82, 2.24) is 10.3 Å². The molecule has 0 saturated heterocycles. The molecular weight excluding hydrogens is 244 g/mol. The topological polar surface area (TPSA) is 42.0 Å². The molecule has 1 N–H and O–H groups in total. The van der Waals surface area contributed by atoms with Gasteiger partial charge in [-0.05, 0) is 37.1 Å². The van der Waals surface area contributed by atoms with Crippen LogP contribution in [0, 0.1) is 5.92 Å². The molecule has 18 heavy (non-hydrogen) atoms. The number of amides is 1. The molecule has 98 valence electrons. The Morgan fingerprint density at radius 1 is 1.44 bits per heavy atom. The van der Waals surface area contributed by atoms with Crippen molar-refractivity contribution >= 4 is 17.7 Å². The van der Waals surface area contributed by atoms with Gasteiger partial charge >= 0.3 is 0 Å². The highest BCUT2D eigenvalue weighted by Gasteiger charge is 2.23. The van der Waals surface area contributed by atoms with Gasteiger partial charge < -0.3 is 5.32 Å². The van der Waals surface area contributed by atoms with E-state index in [0.717, 1.165) is 11.4 Å². The van der Waals surface area contributed by atoms with Gasteiger partial charge in [0.25, 0.3) is 5.91 Å². The average molecular weight is 264 g/mol. The van der Waals surface area contributed by atoms with Gasteiger partial charge in [0, 0.05) is 17.8 Å². The Hall–Kier alpha value is -1.03. The van der Waals surface area contributed by atoms with Gasteiger partial charge in [0.2, 0.25) is 0 Å². The first-order valence-electron chi connectivity index (χ1n) is 6.51. The van der Waals surface area contributed by atoms with Crippen LogP contribution in [0.2, 0.25) is 0 Å². The number of thioether (sulfide) groups is 1. The third-order valence-corrected chi connectivity index (χ3v) is 4.28. The van der Waals surface area contributed by atoms with Gasteiger partial charge in [-0.25, -0.2) is 4.98 Å². The van der Waals surface area contributed by atoms with E-state index in [1.165, 1.54) is 19.3 Å². The SMILES string of the molecule is CSc1cc(C(=O)N[C@H]2CCCC[C@H]2C)ccn1. The number of pyridine rings is 1. The molecule has 1 saturated carbocycles. The Morgan fingerprint density at radius 3 is 2.94 bits per heavy atom. The Labute approximate surface area is 113 Å². The van der Waals surface area contributed by atoms with Crippen LogP contribution in [0.1, 0.15) is 43.0 Å². The summed E-state index contributed by atoms with van der Waals surface area (Å²) in [5, 5.41) is 4.05. The zero-order chi connectivity index (χ0) is 13.0. The molecule has 1 fully saturated rings. The monoisotopic (exact) mass is 264 g/mol. The van der Waals surface area contributed by atoms with Crippen LogP contribution in [0.5, 0.6) is 0 Å². The zero-order valence-corrected chi connectivity index (χ0v) is 11.8. The third kappa shape index (κ3) is 3.25. The van der Waals surface area contributed by atoms with Gasteiger partial charge in [0.1, 0.15) is 0 Å². The lowest BCUT2D eigenvalue weighted by Gasteiger charge is -2.29. The zero-order valence-electron chi connectivity index (χ0n) is 11.0. The van der Waals surface area contributed by atoms with Gasteiger partial charge in [-0.15, -0.1) is 11.8 Å². The standard InChI is InChI=1S/C14H20N2OS/c1-10-5-3-4-6-12(10)16-14(17)11-7-8-15-13(9-11)18-2/h7-10,12H,3-6H2,1-2H3,(H,16,17)/t10-,12+/m1/s1. The lowest BCUT2D eigenvalue weighted by atomic mass is 9.86. The average Bonchev–Trinajstić information content (AvgIpc) is 2.41. The first-order chi connectivity index (χ1) is 8.70. The van der Waals surface area contributed by atoms with Crippen LogP contribution in [0.3, 0.4) is 0 Å². The van der Waals surface area contributed by atoms with Crippen LogP contribution in [-0.4, -0.2) is 23.2 Å². The molecule has 1 amide bonds. The Morgan fingerprint density at radius 2 is 2.22 bits per heavy atom. The van der Waals surface area contributed by atoms with Crippen molar-refractivity contribution in [3.05, 3.63) is 23.9 Å². The molecule has 2 rings (SSSR count). The van der Waals surface area contributed by atoms with Gasteiger partial charge in [-0.1, -0.05) is 19.8 Å². The van der Waals surface area contributed by atoms with Gasteiger partial charge in [-0.3, -0.25) is 4.79 Å². The van der Waals surface area contributed by atoms with Crippen molar-refractivity contribution in [2.24, 2.45) is 5.92 Å². The van der Waals surface area contributed by atoms with Crippen LogP contribution < -0.4 is 5.32 Å². The van der Waals surface area contributed by atoms with Crippen molar-refractivity contribution in [3.8, 4) is 0 Å². The second kappa shape index (κ2) is 6.23. The van der Waals surface area contributed by atoms with E-state index in [0.29, 0.717) is 17.5 Å².